The van der Waals surface area contributed by atoms with Crippen molar-refractivity contribution in [3.05, 3.63) is 35.9 Å². The minimum atomic E-state index is 0. The fraction of sp³-hybridized carbons (Fsp3) is 0.562. The first-order chi connectivity index (χ1) is 9.56. The number of nitrogens with zero attached hydrogens (tertiary/aromatic N) is 1. The molecule has 2 N–H and O–H groups in total. The molecule has 6 heteroatoms. The normalized spacial score (nSPS) is 20.5. The van der Waals surface area contributed by atoms with Gasteiger partial charge in [-0.15, -0.1) is 24.8 Å². The molecule has 0 heterocycles. The number of halogens is 2. The zero-order valence-electron chi connectivity index (χ0n) is 13.4. The van der Waals surface area contributed by atoms with Crippen LogP contribution in [-0.4, -0.2) is 50.1 Å². The zero-order chi connectivity index (χ0) is 14.5. The summed E-state index contributed by atoms with van der Waals surface area (Å²) in [5, 5.41) is 6.34. The number of hydrogen-bond donors (Lipinski definition) is 2. The monoisotopic (exact) mass is 347 g/mol. The zero-order valence-corrected chi connectivity index (χ0v) is 15.0. The van der Waals surface area contributed by atoms with Crippen molar-refractivity contribution >= 4 is 30.7 Å². The molecule has 1 aromatic carbocycles. The maximum absolute atomic E-state index is 11.8. The molecule has 1 saturated carbocycles. The Morgan fingerprint density at radius 3 is 2.50 bits per heavy atom. The summed E-state index contributed by atoms with van der Waals surface area (Å²) in [6.07, 6.45) is 1.13. The number of carbonyl (C=O) groups excluding carboxylic acids is 1. The van der Waals surface area contributed by atoms with E-state index in [1.54, 1.807) is 0 Å². The maximum Gasteiger partial charge on any atom is 0.234 e. The largest absolute Gasteiger partial charge is 0.351 e. The van der Waals surface area contributed by atoms with E-state index in [1.165, 1.54) is 5.56 Å². The Labute approximate surface area is 145 Å². The van der Waals surface area contributed by atoms with Gasteiger partial charge in [-0.05, 0) is 33.0 Å². The second-order valence-corrected chi connectivity index (χ2v) is 5.97. The lowest BCUT2D eigenvalue weighted by molar-refractivity contribution is -0.120. The van der Waals surface area contributed by atoms with Crippen molar-refractivity contribution in [1.82, 2.24) is 15.5 Å². The molecule has 3 atom stereocenters. The molecule has 4 nitrogen and oxygen atoms in total. The highest BCUT2D eigenvalue weighted by Crippen LogP contribution is 2.40. The number of carbonyl (C=O) groups is 1. The van der Waals surface area contributed by atoms with Gasteiger partial charge in [-0.3, -0.25) is 4.79 Å². The molecule has 0 aliphatic heterocycles. The van der Waals surface area contributed by atoms with E-state index in [0.29, 0.717) is 18.5 Å². The lowest BCUT2D eigenvalue weighted by Crippen LogP contribution is -2.43. The van der Waals surface area contributed by atoms with Crippen molar-refractivity contribution < 1.29 is 4.79 Å². The van der Waals surface area contributed by atoms with Crippen molar-refractivity contribution in [3.8, 4) is 0 Å². The molecule has 22 heavy (non-hydrogen) atoms. The predicted molar refractivity (Wildman–Crippen MR) is 96.2 cm³/mol. The standard InChI is InChI=1S/C16H25N3O.2ClH/c1-12(11-19(2)3)18-16(20)10-17-15-9-14(15)13-7-5-4-6-8-13;;/h4-8,12,14-15,17H,9-11H2,1-3H3,(H,18,20);2*1H/t12?,14-,15+;;/m0../s1. The third-order valence-electron chi connectivity index (χ3n) is 3.59. The van der Waals surface area contributed by atoms with E-state index in [4.69, 9.17) is 0 Å². The number of nitrogens with one attached hydrogen (secondary N) is 2. The molecule has 0 spiro atoms. The van der Waals surface area contributed by atoms with Gasteiger partial charge in [0.2, 0.25) is 5.91 Å². The van der Waals surface area contributed by atoms with E-state index < -0.39 is 0 Å². The van der Waals surface area contributed by atoms with Gasteiger partial charge in [0.05, 0.1) is 6.54 Å². The Hall–Kier alpha value is -0.810. The molecule has 0 saturated heterocycles. The summed E-state index contributed by atoms with van der Waals surface area (Å²) in [7, 11) is 4.02. The van der Waals surface area contributed by atoms with Crippen molar-refractivity contribution in [3.63, 3.8) is 0 Å². The summed E-state index contributed by atoms with van der Waals surface area (Å²) >= 11 is 0. The van der Waals surface area contributed by atoms with Gasteiger partial charge in [-0.1, -0.05) is 30.3 Å². The van der Waals surface area contributed by atoms with E-state index in [9.17, 15) is 4.79 Å². The van der Waals surface area contributed by atoms with Crippen molar-refractivity contribution in [2.24, 2.45) is 0 Å². The van der Waals surface area contributed by atoms with Crippen LogP contribution in [0.5, 0.6) is 0 Å². The Morgan fingerprint density at radius 1 is 1.27 bits per heavy atom. The first-order valence-electron chi connectivity index (χ1n) is 7.28. The van der Waals surface area contributed by atoms with Gasteiger partial charge in [0.15, 0.2) is 0 Å². The molecule has 1 unspecified atom stereocenters. The van der Waals surface area contributed by atoms with Crippen LogP contribution in [0.25, 0.3) is 0 Å². The van der Waals surface area contributed by atoms with Gasteiger partial charge < -0.3 is 15.5 Å². The second-order valence-electron chi connectivity index (χ2n) is 5.97. The minimum Gasteiger partial charge on any atom is -0.351 e. The maximum atomic E-state index is 11.8. The van der Waals surface area contributed by atoms with Crippen LogP contribution in [0.15, 0.2) is 30.3 Å². The lowest BCUT2D eigenvalue weighted by Gasteiger charge is -2.18. The highest BCUT2D eigenvalue weighted by Gasteiger charge is 2.37. The second kappa shape index (κ2) is 10.1. The molecule has 126 valence electrons. The van der Waals surface area contributed by atoms with Crippen LogP contribution in [0, 0.1) is 0 Å². The van der Waals surface area contributed by atoms with Crippen LogP contribution < -0.4 is 10.6 Å². The molecule has 0 aromatic heterocycles. The Kier molecular flexibility index (Phi) is 9.69. The van der Waals surface area contributed by atoms with E-state index in [-0.39, 0.29) is 36.8 Å². The highest BCUT2D eigenvalue weighted by molar-refractivity contribution is 5.85. The first kappa shape index (κ1) is 21.2. The number of rotatable bonds is 7. The van der Waals surface area contributed by atoms with Crippen molar-refractivity contribution in [1.29, 1.82) is 0 Å². The van der Waals surface area contributed by atoms with Crippen LogP contribution in [0.4, 0.5) is 0 Å². The predicted octanol–water partition coefficient (Wildman–Crippen LogP) is 2.04. The van der Waals surface area contributed by atoms with Gasteiger partial charge in [-0.25, -0.2) is 0 Å². The lowest BCUT2D eigenvalue weighted by atomic mass is 10.1. The van der Waals surface area contributed by atoms with Gasteiger partial charge in [0.25, 0.3) is 0 Å². The quantitative estimate of drug-likeness (QED) is 0.793. The van der Waals surface area contributed by atoms with Crippen LogP contribution in [-0.2, 0) is 4.79 Å². The average molecular weight is 348 g/mol. The minimum absolute atomic E-state index is 0. The Balaban J connectivity index is 0.00000220. The third kappa shape index (κ3) is 6.97. The van der Waals surface area contributed by atoms with E-state index >= 15 is 0 Å². The summed E-state index contributed by atoms with van der Waals surface area (Å²) < 4.78 is 0. The fourth-order valence-corrected chi connectivity index (χ4v) is 2.63. The molecule has 1 fully saturated rings. The third-order valence-corrected chi connectivity index (χ3v) is 3.59. The van der Waals surface area contributed by atoms with Gasteiger partial charge in [0, 0.05) is 24.5 Å². The van der Waals surface area contributed by atoms with E-state index in [0.717, 1.165) is 13.0 Å². The molecule has 1 amide bonds. The van der Waals surface area contributed by atoms with E-state index in [2.05, 4.69) is 39.8 Å². The topological polar surface area (TPSA) is 44.4 Å². The number of benzene rings is 1. The molecule has 1 aliphatic rings. The fourth-order valence-electron chi connectivity index (χ4n) is 2.63. The van der Waals surface area contributed by atoms with Crippen LogP contribution >= 0.6 is 24.8 Å². The molecule has 0 bridgehead atoms. The SMILES string of the molecule is CC(CN(C)C)NC(=O)CN[C@@H]1C[C@H]1c1ccccc1.Cl.Cl. The summed E-state index contributed by atoms with van der Waals surface area (Å²) in [6, 6.07) is 11.1. The number of likely N-dealkylation sites (N-methyl/N-ethyl adjacent to an activating group) is 1. The summed E-state index contributed by atoms with van der Waals surface area (Å²) in [4.78, 5) is 13.9. The van der Waals surface area contributed by atoms with Crippen LogP contribution in [0.3, 0.4) is 0 Å². The summed E-state index contributed by atoms with van der Waals surface area (Å²) in [5.41, 5.74) is 1.37. The average Bonchev–Trinajstić information content (AvgIpc) is 3.16. The van der Waals surface area contributed by atoms with Crippen molar-refractivity contribution in [2.45, 2.75) is 31.3 Å². The molecule has 2 rings (SSSR count). The van der Waals surface area contributed by atoms with Gasteiger partial charge in [0.1, 0.15) is 0 Å². The molecule has 0 radical (unpaired) electrons. The highest BCUT2D eigenvalue weighted by atomic mass is 35.5. The first-order valence-corrected chi connectivity index (χ1v) is 7.28. The summed E-state index contributed by atoms with van der Waals surface area (Å²) in [6.45, 7) is 3.30. The number of hydrogen-bond acceptors (Lipinski definition) is 3. The van der Waals surface area contributed by atoms with Crippen molar-refractivity contribution in [2.75, 3.05) is 27.2 Å². The smallest absolute Gasteiger partial charge is 0.234 e. The van der Waals surface area contributed by atoms with Crippen LogP contribution in [0.1, 0.15) is 24.8 Å². The molecule has 1 aromatic rings. The van der Waals surface area contributed by atoms with Gasteiger partial charge in [-0.2, -0.15) is 0 Å². The number of amides is 1. The Bertz CT molecular complexity index is 442. The van der Waals surface area contributed by atoms with Crippen LogP contribution in [0.2, 0.25) is 0 Å². The van der Waals surface area contributed by atoms with Gasteiger partial charge >= 0.3 is 0 Å². The molecular weight excluding hydrogens is 321 g/mol. The summed E-state index contributed by atoms with van der Waals surface area (Å²) in [5.74, 6) is 0.654. The molecule has 1 aliphatic carbocycles. The molecular formula is C16H27Cl2N3O. The Morgan fingerprint density at radius 2 is 1.91 bits per heavy atom. The van der Waals surface area contributed by atoms with E-state index in [1.807, 2.05) is 27.1 Å².